The lowest BCUT2D eigenvalue weighted by atomic mass is 10.2. The molecule has 1 aromatic heterocycles. The molecule has 1 aliphatic rings. The summed E-state index contributed by atoms with van der Waals surface area (Å²) in [6.07, 6.45) is -2.91. The van der Waals surface area contributed by atoms with Crippen LogP contribution in [0.4, 0.5) is 18.0 Å². The summed E-state index contributed by atoms with van der Waals surface area (Å²) in [5.41, 5.74) is -0.904. The minimum atomic E-state index is -4.51. The molecule has 116 valence electrons. The maximum absolute atomic E-state index is 12.8. The van der Waals surface area contributed by atoms with E-state index in [0.29, 0.717) is 6.54 Å². The zero-order valence-corrected chi connectivity index (χ0v) is 11.5. The van der Waals surface area contributed by atoms with Gasteiger partial charge in [-0.3, -0.25) is 0 Å². The fraction of sp³-hybridized carbons (Fsp3) is 0.538. The van der Waals surface area contributed by atoms with E-state index in [1.807, 2.05) is 6.92 Å². The van der Waals surface area contributed by atoms with Crippen LogP contribution < -0.4 is 10.1 Å². The molecule has 5 nitrogen and oxygen atoms in total. The van der Waals surface area contributed by atoms with Crippen LogP contribution in [0.3, 0.4) is 0 Å². The molecule has 0 radical (unpaired) electrons. The SMILES string of the molecule is CCCNC(=O)N1CC(Oc2ncccc2C(F)(F)F)C1. The molecule has 0 unspecified atom stereocenters. The number of urea groups is 1. The van der Waals surface area contributed by atoms with E-state index in [1.54, 1.807) is 0 Å². The summed E-state index contributed by atoms with van der Waals surface area (Å²) in [7, 11) is 0. The highest BCUT2D eigenvalue weighted by Crippen LogP contribution is 2.35. The highest BCUT2D eigenvalue weighted by atomic mass is 19.4. The van der Waals surface area contributed by atoms with Crippen molar-refractivity contribution in [3.63, 3.8) is 0 Å². The number of nitrogens with zero attached hydrogens (tertiary/aromatic N) is 2. The van der Waals surface area contributed by atoms with Crippen molar-refractivity contribution in [2.24, 2.45) is 0 Å². The molecule has 0 atom stereocenters. The van der Waals surface area contributed by atoms with Crippen molar-refractivity contribution in [2.45, 2.75) is 25.6 Å². The Bertz CT molecular complexity index is 502. The third-order valence-corrected chi connectivity index (χ3v) is 3.02. The minimum Gasteiger partial charge on any atom is -0.470 e. The summed E-state index contributed by atoms with van der Waals surface area (Å²) >= 11 is 0. The second kappa shape index (κ2) is 6.19. The van der Waals surface area contributed by atoms with E-state index in [-0.39, 0.29) is 19.1 Å². The number of nitrogens with one attached hydrogen (secondary N) is 1. The van der Waals surface area contributed by atoms with Gasteiger partial charge in [0.15, 0.2) is 0 Å². The smallest absolute Gasteiger partial charge is 0.421 e. The fourth-order valence-corrected chi connectivity index (χ4v) is 1.88. The van der Waals surface area contributed by atoms with E-state index in [1.165, 1.54) is 17.2 Å². The Labute approximate surface area is 120 Å². The summed E-state index contributed by atoms with van der Waals surface area (Å²) in [6.45, 7) is 3.01. The van der Waals surface area contributed by atoms with Crippen LogP contribution in [0.25, 0.3) is 0 Å². The van der Waals surface area contributed by atoms with Crippen LogP contribution in [-0.2, 0) is 6.18 Å². The van der Waals surface area contributed by atoms with Crippen LogP contribution in [0, 0.1) is 0 Å². The molecule has 21 heavy (non-hydrogen) atoms. The number of carbonyl (C=O) groups excluding carboxylic acids is 1. The number of pyridine rings is 1. The van der Waals surface area contributed by atoms with Crippen molar-refractivity contribution in [1.82, 2.24) is 15.2 Å². The summed E-state index contributed by atoms with van der Waals surface area (Å²) in [5, 5.41) is 2.69. The number of carbonyl (C=O) groups is 1. The Hall–Kier alpha value is -1.99. The molecule has 1 aromatic rings. The molecule has 0 bridgehead atoms. The molecule has 0 spiro atoms. The van der Waals surface area contributed by atoms with Gasteiger partial charge < -0.3 is 15.0 Å². The molecule has 2 heterocycles. The molecule has 1 fully saturated rings. The number of likely N-dealkylation sites (tertiary alicyclic amines) is 1. The predicted octanol–water partition coefficient (Wildman–Crippen LogP) is 2.28. The zero-order valence-electron chi connectivity index (χ0n) is 11.5. The van der Waals surface area contributed by atoms with Gasteiger partial charge in [-0.15, -0.1) is 0 Å². The first-order valence-corrected chi connectivity index (χ1v) is 6.63. The number of alkyl halides is 3. The average molecular weight is 303 g/mol. The third kappa shape index (κ3) is 3.77. The van der Waals surface area contributed by atoms with Gasteiger partial charge in [0.2, 0.25) is 5.88 Å². The Morgan fingerprint density at radius 2 is 2.24 bits per heavy atom. The number of rotatable bonds is 4. The van der Waals surface area contributed by atoms with Gasteiger partial charge in [0.05, 0.1) is 13.1 Å². The zero-order chi connectivity index (χ0) is 15.5. The lowest BCUT2D eigenvalue weighted by molar-refractivity contribution is -0.140. The molecule has 8 heteroatoms. The molecule has 1 N–H and O–H groups in total. The summed E-state index contributed by atoms with van der Waals surface area (Å²) in [6, 6.07) is 1.90. The van der Waals surface area contributed by atoms with Crippen molar-refractivity contribution >= 4 is 6.03 Å². The number of hydrogen-bond acceptors (Lipinski definition) is 3. The van der Waals surface area contributed by atoms with Crippen molar-refractivity contribution in [1.29, 1.82) is 0 Å². The van der Waals surface area contributed by atoms with Gasteiger partial charge in [0.25, 0.3) is 0 Å². The second-order valence-corrected chi connectivity index (χ2v) is 4.73. The number of ether oxygens (including phenoxy) is 1. The Morgan fingerprint density at radius 1 is 1.52 bits per heavy atom. The van der Waals surface area contributed by atoms with Crippen molar-refractivity contribution in [3.8, 4) is 5.88 Å². The normalized spacial score (nSPS) is 15.5. The van der Waals surface area contributed by atoms with E-state index in [4.69, 9.17) is 4.74 Å². The van der Waals surface area contributed by atoms with Gasteiger partial charge in [-0.05, 0) is 18.6 Å². The molecule has 0 saturated carbocycles. The van der Waals surface area contributed by atoms with E-state index < -0.39 is 23.7 Å². The molecule has 1 aliphatic heterocycles. The molecule has 2 rings (SSSR count). The molecule has 0 aliphatic carbocycles. The number of halogens is 3. The average Bonchev–Trinajstić information content (AvgIpc) is 2.39. The minimum absolute atomic E-state index is 0.228. The molecule has 2 amide bonds. The van der Waals surface area contributed by atoms with E-state index in [0.717, 1.165) is 12.5 Å². The largest absolute Gasteiger partial charge is 0.470 e. The van der Waals surface area contributed by atoms with Crippen LogP contribution in [0.2, 0.25) is 0 Å². The van der Waals surface area contributed by atoms with Crippen LogP contribution in [0.1, 0.15) is 18.9 Å². The quantitative estimate of drug-likeness (QED) is 0.928. The maximum atomic E-state index is 12.8. The first-order valence-electron chi connectivity index (χ1n) is 6.63. The first kappa shape index (κ1) is 15.4. The topological polar surface area (TPSA) is 54.5 Å². The van der Waals surface area contributed by atoms with Crippen molar-refractivity contribution < 1.29 is 22.7 Å². The standard InChI is InChI=1S/C13H16F3N3O2/c1-2-5-18-12(20)19-7-9(8-19)21-11-10(13(14,15)16)4-3-6-17-11/h3-4,6,9H,2,5,7-8H2,1H3,(H,18,20). The van der Waals surface area contributed by atoms with Gasteiger partial charge in [-0.25, -0.2) is 9.78 Å². The van der Waals surface area contributed by atoms with Crippen LogP contribution in [0.5, 0.6) is 5.88 Å². The highest BCUT2D eigenvalue weighted by Gasteiger charge is 2.38. The Balaban J connectivity index is 1.90. The van der Waals surface area contributed by atoms with E-state index >= 15 is 0 Å². The van der Waals surface area contributed by atoms with Gasteiger partial charge in [-0.2, -0.15) is 13.2 Å². The summed E-state index contributed by atoms with van der Waals surface area (Å²) < 4.78 is 43.6. The van der Waals surface area contributed by atoms with Gasteiger partial charge in [-0.1, -0.05) is 6.92 Å². The van der Waals surface area contributed by atoms with Crippen molar-refractivity contribution in [2.75, 3.05) is 19.6 Å². The fourth-order valence-electron chi connectivity index (χ4n) is 1.88. The second-order valence-electron chi connectivity index (χ2n) is 4.73. The van der Waals surface area contributed by atoms with Crippen molar-refractivity contribution in [3.05, 3.63) is 23.9 Å². The summed E-state index contributed by atoms with van der Waals surface area (Å²) in [5.74, 6) is -0.441. The molecule has 1 saturated heterocycles. The van der Waals surface area contributed by atoms with Gasteiger partial charge in [0, 0.05) is 12.7 Å². The Morgan fingerprint density at radius 3 is 2.86 bits per heavy atom. The molecular formula is C13H16F3N3O2. The monoisotopic (exact) mass is 303 g/mol. The lowest BCUT2D eigenvalue weighted by Gasteiger charge is -2.38. The maximum Gasteiger partial charge on any atom is 0.421 e. The van der Waals surface area contributed by atoms with Crippen LogP contribution in [-0.4, -0.2) is 41.7 Å². The first-order chi connectivity index (χ1) is 9.91. The highest BCUT2D eigenvalue weighted by molar-refractivity contribution is 5.75. The lowest BCUT2D eigenvalue weighted by Crippen LogP contribution is -2.59. The van der Waals surface area contributed by atoms with E-state index in [9.17, 15) is 18.0 Å². The van der Waals surface area contributed by atoms with Gasteiger partial charge in [0.1, 0.15) is 11.7 Å². The van der Waals surface area contributed by atoms with Crippen LogP contribution >= 0.6 is 0 Å². The number of aromatic nitrogens is 1. The Kier molecular flexibility index (Phi) is 4.54. The number of amides is 2. The summed E-state index contributed by atoms with van der Waals surface area (Å²) in [4.78, 5) is 16.7. The molecule has 0 aromatic carbocycles. The molecular weight excluding hydrogens is 287 g/mol. The van der Waals surface area contributed by atoms with Gasteiger partial charge >= 0.3 is 12.2 Å². The van der Waals surface area contributed by atoms with Crippen LogP contribution in [0.15, 0.2) is 18.3 Å². The van der Waals surface area contributed by atoms with E-state index in [2.05, 4.69) is 10.3 Å². The number of hydrogen-bond donors (Lipinski definition) is 1. The third-order valence-electron chi connectivity index (χ3n) is 3.02. The predicted molar refractivity (Wildman–Crippen MR) is 68.9 cm³/mol.